The van der Waals surface area contributed by atoms with Crippen molar-refractivity contribution in [3.05, 3.63) is 29.8 Å². The summed E-state index contributed by atoms with van der Waals surface area (Å²) in [7, 11) is 0. The van der Waals surface area contributed by atoms with Crippen LogP contribution in [0.4, 0.5) is 4.79 Å². The van der Waals surface area contributed by atoms with Crippen molar-refractivity contribution in [3.63, 3.8) is 0 Å². The van der Waals surface area contributed by atoms with E-state index in [0.29, 0.717) is 31.8 Å². The predicted molar refractivity (Wildman–Crippen MR) is 122 cm³/mol. The highest BCUT2D eigenvalue weighted by atomic mass is 127. The van der Waals surface area contributed by atoms with Gasteiger partial charge in [0.25, 0.3) is 0 Å². The highest BCUT2D eigenvalue weighted by molar-refractivity contribution is 14.0. The van der Waals surface area contributed by atoms with Gasteiger partial charge < -0.3 is 26.0 Å². The smallest absolute Gasteiger partial charge is 0.314 e. The van der Waals surface area contributed by atoms with E-state index in [-0.39, 0.29) is 30.0 Å². The monoisotopic (exact) mass is 501 g/mol. The number of nitrogens with two attached hydrogens (primary N) is 1. The molecule has 2 amide bonds. The first-order chi connectivity index (χ1) is 13.2. The molecule has 1 saturated heterocycles. The zero-order valence-corrected chi connectivity index (χ0v) is 18.9. The van der Waals surface area contributed by atoms with Gasteiger partial charge in [0.05, 0.1) is 12.6 Å². The maximum atomic E-state index is 11.3. The van der Waals surface area contributed by atoms with Gasteiger partial charge in [-0.25, -0.2) is 9.79 Å². The number of halogens is 1. The molecule has 1 aliphatic carbocycles. The van der Waals surface area contributed by atoms with Crippen LogP contribution in [-0.4, -0.2) is 48.7 Å². The molecule has 0 aromatic heterocycles. The van der Waals surface area contributed by atoms with E-state index in [1.54, 1.807) is 4.90 Å². The number of urea groups is 1. The lowest BCUT2D eigenvalue weighted by atomic mass is 9.96. The SMILES string of the molecule is CCNC(=NCc1ccccc1OC1CCC1)NC1CCN(C(N)=O)CC1.I. The van der Waals surface area contributed by atoms with Gasteiger partial charge >= 0.3 is 6.03 Å². The van der Waals surface area contributed by atoms with Crippen LogP contribution in [0.25, 0.3) is 0 Å². The molecule has 0 bridgehead atoms. The van der Waals surface area contributed by atoms with Crippen LogP contribution < -0.4 is 21.1 Å². The molecule has 1 aromatic rings. The molecule has 2 aliphatic rings. The number of piperidine rings is 1. The first-order valence-electron chi connectivity index (χ1n) is 9.99. The van der Waals surface area contributed by atoms with Crippen LogP contribution in [0.5, 0.6) is 5.75 Å². The van der Waals surface area contributed by atoms with Crippen molar-refractivity contribution in [1.29, 1.82) is 0 Å². The minimum atomic E-state index is -0.336. The first-order valence-corrected chi connectivity index (χ1v) is 9.99. The zero-order chi connectivity index (χ0) is 19.1. The molecule has 1 heterocycles. The third kappa shape index (κ3) is 6.42. The molecule has 3 rings (SSSR count). The van der Waals surface area contributed by atoms with Crippen LogP contribution in [0.1, 0.15) is 44.6 Å². The van der Waals surface area contributed by atoms with Gasteiger partial charge in [0.1, 0.15) is 5.75 Å². The number of para-hydroxylation sites is 1. The second kappa shape index (κ2) is 11.3. The number of aliphatic imine (C=N–C) groups is 1. The van der Waals surface area contributed by atoms with E-state index in [1.165, 1.54) is 6.42 Å². The van der Waals surface area contributed by atoms with Gasteiger partial charge in [0, 0.05) is 31.2 Å². The number of hydrogen-bond donors (Lipinski definition) is 3. The van der Waals surface area contributed by atoms with Crippen LogP contribution >= 0.6 is 24.0 Å². The van der Waals surface area contributed by atoms with Crippen LogP contribution in [-0.2, 0) is 6.54 Å². The Bertz CT molecular complexity index is 658. The fourth-order valence-electron chi connectivity index (χ4n) is 3.34. The molecule has 0 spiro atoms. The molecule has 28 heavy (non-hydrogen) atoms. The highest BCUT2D eigenvalue weighted by Gasteiger charge is 2.22. The van der Waals surface area contributed by atoms with Crippen LogP contribution in [0.15, 0.2) is 29.3 Å². The number of benzene rings is 1. The van der Waals surface area contributed by atoms with Gasteiger partial charge in [-0.1, -0.05) is 18.2 Å². The van der Waals surface area contributed by atoms with E-state index in [1.807, 2.05) is 18.2 Å². The van der Waals surface area contributed by atoms with Gasteiger partial charge in [-0.2, -0.15) is 0 Å². The van der Waals surface area contributed by atoms with E-state index in [2.05, 4.69) is 23.6 Å². The molecule has 8 heteroatoms. The molecule has 2 fully saturated rings. The quantitative estimate of drug-likeness (QED) is 0.318. The summed E-state index contributed by atoms with van der Waals surface area (Å²) in [5.41, 5.74) is 6.46. The molecule has 0 atom stereocenters. The summed E-state index contributed by atoms with van der Waals surface area (Å²) in [5.74, 6) is 1.74. The normalized spacial score (nSPS) is 18.0. The number of carbonyl (C=O) groups is 1. The van der Waals surface area contributed by atoms with Gasteiger partial charge in [0.2, 0.25) is 0 Å². The fraction of sp³-hybridized carbons (Fsp3) is 0.600. The molecule has 1 saturated carbocycles. The minimum Gasteiger partial charge on any atom is -0.490 e. The van der Waals surface area contributed by atoms with Crippen molar-refractivity contribution >= 4 is 36.0 Å². The average Bonchev–Trinajstić information content (AvgIpc) is 2.64. The molecule has 7 nitrogen and oxygen atoms in total. The zero-order valence-electron chi connectivity index (χ0n) is 16.5. The van der Waals surface area contributed by atoms with E-state index in [0.717, 1.165) is 49.5 Å². The lowest BCUT2D eigenvalue weighted by Crippen LogP contribution is -2.50. The number of nitrogens with one attached hydrogen (secondary N) is 2. The molecular formula is C20H32IN5O2. The minimum absolute atomic E-state index is 0. The summed E-state index contributed by atoms with van der Waals surface area (Å²) in [5, 5.41) is 6.80. The Labute approximate surface area is 184 Å². The second-order valence-corrected chi connectivity index (χ2v) is 7.22. The van der Waals surface area contributed by atoms with Gasteiger partial charge in [-0.05, 0) is 45.1 Å². The largest absolute Gasteiger partial charge is 0.490 e. The lowest BCUT2D eigenvalue weighted by molar-refractivity contribution is 0.119. The third-order valence-corrected chi connectivity index (χ3v) is 5.22. The van der Waals surface area contributed by atoms with E-state index in [4.69, 9.17) is 15.5 Å². The number of likely N-dealkylation sites (tertiary alicyclic amines) is 1. The molecule has 0 radical (unpaired) electrons. The molecule has 0 unspecified atom stereocenters. The van der Waals surface area contributed by atoms with E-state index >= 15 is 0 Å². The molecule has 1 aromatic carbocycles. The average molecular weight is 501 g/mol. The lowest BCUT2D eigenvalue weighted by Gasteiger charge is -2.32. The number of hydrogen-bond acceptors (Lipinski definition) is 3. The number of amides is 2. The Kier molecular flexibility index (Phi) is 9.14. The fourth-order valence-corrected chi connectivity index (χ4v) is 3.34. The molecule has 4 N–H and O–H groups in total. The highest BCUT2D eigenvalue weighted by Crippen LogP contribution is 2.27. The second-order valence-electron chi connectivity index (χ2n) is 7.22. The summed E-state index contributed by atoms with van der Waals surface area (Å²) < 4.78 is 6.10. The Hall–Kier alpha value is -1.71. The summed E-state index contributed by atoms with van der Waals surface area (Å²) >= 11 is 0. The maximum Gasteiger partial charge on any atom is 0.314 e. The van der Waals surface area contributed by atoms with Crippen molar-refractivity contribution in [2.75, 3.05) is 19.6 Å². The Morgan fingerprint density at radius 2 is 1.96 bits per heavy atom. The van der Waals surface area contributed by atoms with Crippen molar-refractivity contribution in [2.45, 2.75) is 57.7 Å². The number of primary amides is 1. The third-order valence-electron chi connectivity index (χ3n) is 5.22. The Morgan fingerprint density at radius 3 is 2.57 bits per heavy atom. The van der Waals surface area contributed by atoms with Gasteiger partial charge in [-0.3, -0.25) is 0 Å². The summed E-state index contributed by atoms with van der Waals surface area (Å²) in [6, 6.07) is 8.10. The van der Waals surface area contributed by atoms with Crippen LogP contribution in [0.2, 0.25) is 0 Å². The standard InChI is InChI=1S/C20H31N5O2.HI/c1-2-22-20(24-16-10-12-25(13-11-16)19(21)26)23-14-15-6-3-4-9-18(15)27-17-7-5-8-17;/h3-4,6,9,16-17H,2,5,7-8,10-14H2,1H3,(H2,21,26)(H2,22,23,24);1H. The predicted octanol–water partition coefficient (Wildman–Crippen LogP) is 2.83. The number of nitrogens with zero attached hydrogens (tertiary/aromatic N) is 2. The topological polar surface area (TPSA) is 92.0 Å². The summed E-state index contributed by atoms with van der Waals surface area (Å²) in [6.45, 7) is 4.79. The van der Waals surface area contributed by atoms with Gasteiger partial charge in [-0.15, -0.1) is 24.0 Å². The van der Waals surface area contributed by atoms with Gasteiger partial charge in [0.15, 0.2) is 5.96 Å². The summed E-state index contributed by atoms with van der Waals surface area (Å²) in [6.07, 6.45) is 5.65. The summed E-state index contributed by atoms with van der Waals surface area (Å²) in [4.78, 5) is 17.7. The van der Waals surface area contributed by atoms with Crippen molar-refractivity contribution in [3.8, 4) is 5.75 Å². The van der Waals surface area contributed by atoms with E-state index < -0.39 is 0 Å². The van der Waals surface area contributed by atoms with Crippen molar-refractivity contribution in [2.24, 2.45) is 10.7 Å². The number of rotatable bonds is 6. The Morgan fingerprint density at radius 1 is 1.25 bits per heavy atom. The van der Waals surface area contributed by atoms with Crippen molar-refractivity contribution < 1.29 is 9.53 Å². The Balaban J connectivity index is 0.00000280. The molecule has 1 aliphatic heterocycles. The first kappa shape index (κ1) is 22.6. The number of guanidine groups is 1. The maximum absolute atomic E-state index is 11.3. The number of ether oxygens (including phenoxy) is 1. The van der Waals surface area contributed by atoms with Crippen LogP contribution in [0.3, 0.4) is 0 Å². The van der Waals surface area contributed by atoms with Crippen molar-refractivity contribution in [1.82, 2.24) is 15.5 Å². The van der Waals surface area contributed by atoms with Crippen LogP contribution in [0, 0.1) is 0 Å². The van der Waals surface area contributed by atoms with E-state index in [9.17, 15) is 4.79 Å². The molecular weight excluding hydrogens is 469 g/mol. The molecule has 156 valence electrons. The number of carbonyl (C=O) groups excluding carboxylic acids is 1.